The van der Waals surface area contributed by atoms with E-state index in [1.165, 1.54) is 38.2 Å². The van der Waals surface area contributed by atoms with Gasteiger partial charge in [0.25, 0.3) is 0 Å². The van der Waals surface area contributed by atoms with Crippen molar-refractivity contribution in [2.75, 3.05) is 0 Å². The maximum atomic E-state index is 11.5. The van der Waals surface area contributed by atoms with Gasteiger partial charge in [0.1, 0.15) is 5.75 Å². The summed E-state index contributed by atoms with van der Waals surface area (Å²) in [7, 11) is 0. The van der Waals surface area contributed by atoms with Crippen molar-refractivity contribution in [2.45, 2.75) is 70.4 Å². The molecule has 1 fully saturated rings. The summed E-state index contributed by atoms with van der Waals surface area (Å²) in [5.74, 6) is 1.55. The Balaban J connectivity index is 1.57. The second kappa shape index (κ2) is 8.54. The molecule has 1 aliphatic carbocycles. The van der Waals surface area contributed by atoms with Gasteiger partial charge in [-0.25, -0.2) is 4.68 Å². The molecule has 1 saturated carbocycles. The van der Waals surface area contributed by atoms with Gasteiger partial charge in [-0.05, 0) is 54.0 Å². The number of tetrazole rings is 1. The SMILES string of the molecule is CCC(Oc1ccc2[nH]c(=O)ccc2c1)c1nnnn1C1CCCCCCC1. The Hall–Kier alpha value is -2.70. The van der Waals surface area contributed by atoms with E-state index in [1.807, 2.05) is 22.9 Å². The first-order chi connectivity index (χ1) is 13.7. The van der Waals surface area contributed by atoms with E-state index in [1.54, 1.807) is 6.07 Å². The highest BCUT2D eigenvalue weighted by Crippen LogP contribution is 2.30. The number of aromatic amines is 1. The van der Waals surface area contributed by atoms with Crippen LogP contribution in [-0.2, 0) is 0 Å². The molecule has 7 heteroatoms. The minimum absolute atomic E-state index is 0.106. The van der Waals surface area contributed by atoms with Crippen molar-refractivity contribution in [3.05, 3.63) is 46.5 Å². The largest absolute Gasteiger partial charge is 0.482 e. The summed E-state index contributed by atoms with van der Waals surface area (Å²) in [6.45, 7) is 2.08. The van der Waals surface area contributed by atoms with Crippen molar-refractivity contribution >= 4 is 10.9 Å². The summed E-state index contributed by atoms with van der Waals surface area (Å²) in [5, 5.41) is 13.5. The lowest BCUT2D eigenvalue weighted by molar-refractivity contribution is 0.177. The van der Waals surface area contributed by atoms with Gasteiger partial charge in [0.2, 0.25) is 5.56 Å². The summed E-state index contributed by atoms with van der Waals surface area (Å²) in [6.07, 6.45) is 9.19. The normalized spacial score (nSPS) is 17.2. The van der Waals surface area contributed by atoms with E-state index in [2.05, 4.69) is 27.4 Å². The fourth-order valence-corrected chi connectivity index (χ4v) is 4.04. The molecule has 3 aromatic rings. The molecule has 4 rings (SSSR count). The van der Waals surface area contributed by atoms with Crippen molar-refractivity contribution in [2.24, 2.45) is 0 Å². The molecule has 28 heavy (non-hydrogen) atoms. The maximum absolute atomic E-state index is 11.5. The van der Waals surface area contributed by atoms with Crippen LogP contribution < -0.4 is 10.3 Å². The number of aromatic nitrogens is 5. The first-order valence-corrected chi connectivity index (χ1v) is 10.3. The summed E-state index contributed by atoms with van der Waals surface area (Å²) in [4.78, 5) is 14.3. The summed E-state index contributed by atoms with van der Waals surface area (Å²) >= 11 is 0. The van der Waals surface area contributed by atoms with Crippen LogP contribution in [0.5, 0.6) is 5.75 Å². The van der Waals surface area contributed by atoms with Crippen LogP contribution in [0.3, 0.4) is 0 Å². The molecular formula is C21H27N5O2. The lowest BCUT2D eigenvalue weighted by Gasteiger charge is -2.23. The maximum Gasteiger partial charge on any atom is 0.248 e. The molecule has 0 aliphatic heterocycles. The number of ether oxygens (including phenoxy) is 1. The van der Waals surface area contributed by atoms with Crippen molar-refractivity contribution in [3.8, 4) is 5.75 Å². The van der Waals surface area contributed by atoms with Crippen LogP contribution in [-0.4, -0.2) is 25.2 Å². The predicted octanol–water partition coefficient (Wildman–Crippen LogP) is 4.33. The van der Waals surface area contributed by atoms with Crippen LogP contribution in [0, 0.1) is 0 Å². The molecule has 0 amide bonds. The Kier molecular flexibility index (Phi) is 5.69. The first-order valence-electron chi connectivity index (χ1n) is 10.3. The Morgan fingerprint density at radius 3 is 2.71 bits per heavy atom. The number of H-pyrrole nitrogens is 1. The van der Waals surface area contributed by atoms with Gasteiger partial charge < -0.3 is 9.72 Å². The average molecular weight is 381 g/mol. The summed E-state index contributed by atoms with van der Waals surface area (Å²) in [5.41, 5.74) is 0.693. The highest BCUT2D eigenvalue weighted by Gasteiger charge is 2.24. The van der Waals surface area contributed by atoms with Gasteiger partial charge in [0, 0.05) is 17.0 Å². The average Bonchev–Trinajstić information content (AvgIpc) is 3.15. The van der Waals surface area contributed by atoms with Crippen LogP contribution in [0.25, 0.3) is 10.9 Å². The number of fused-ring (bicyclic) bond motifs is 1. The molecule has 0 saturated heterocycles. The summed E-state index contributed by atoms with van der Waals surface area (Å²) in [6, 6.07) is 9.38. The van der Waals surface area contributed by atoms with Crippen molar-refractivity contribution < 1.29 is 4.74 Å². The van der Waals surface area contributed by atoms with Gasteiger partial charge in [0.05, 0.1) is 6.04 Å². The van der Waals surface area contributed by atoms with Gasteiger partial charge in [-0.3, -0.25) is 4.79 Å². The van der Waals surface area contributed by atoms with Crippen LogP contribution in [0.1, 0.15) is 76.3 Å². The number of nitrogens with one attached hydrogen (secondary N) is 1. The van der Waals surface area contributed by atoms with Gasteiger partial charge in [-0.1, -0.05) is 39.0 Å². The third-order valence-corrected chi connectivity index (χ3v) is 5.57. The molecule has 1 atom stereocenters. The number of hydrogen-bond donors (Lipinski definition) is 1. The minimum Gasteiger partial charge on any atom is -0.482 e. The zero-order valence-electron chi connectivity index (χ0n) is 16.3. The van der Waals surface area contributed by atoms with Gasteiger partial charge >= 0.3 is 0 Å². The number of benzene rings is 1. The second-order valence-electron chi connectivity index (χ2n) is 7.57. The molecule has 0 spiro atoms. The molecule has 2 aromatic heterocycles. The van der Waals surface area contributed by atoms with Gasteiger partial charge in [0.15, 0.2) is 11.9 Å². The highest BCUT2D eigenvalue weighted by atomic mass is 16.5. The van der Waals surface area contributed by atoms with Crippen molar-refractivity contribution in [1.82, 2.24) is 25.2 Å². The quantitative estimate of drug-likeness (QED) is 0.711. The standard InChI is InChI=1S/C21H27N5O2/c1-2-19(28-17-11-12-18-15(14-17)10-13-20(27)22-18)21-23-24-25-26(21)16-8-6-4-3-5-7-9-16/h10-14,16,19H,2-9H2,1H3,(H,22,27). The van der Waals surface area contributed by atoms with Crippen LogP contribution in [0.2, 0.25) is 0 Å². The molecule has 148 valence electrons. The smallest absolute Gasteiger partial charge is 0.248 e. The molecule has 0 bridgehead atoms. The lowest BCUT2D eigenvalue weighted by Crippen LogP contribution is -2.20. The highest BCUT2D eigenvalue weighted by molar-refractivity contribution is 5.79. The van der Waals surface area contributed by atoms with Crippen LogP contribution in [0.4, 0.5) is 0 Å². The number of rotatable bonds is 5. The van der Waals surface area contributed by atoms with Crippen molar-refractivity contribution in [3.63, 3.8) is 0 Å². The first kappa shape index (κ1) is 18.7. The summed E-state index contributed by atoms with van der Waals surface area (Å²) < 4.78 is 8.28. The Morgan fingerprint density at radius 1 is 1.14 bits per heavy atom. The number of nitrogens with zero attached hydrogens (tertiary/aromatic N) is 4. The molecule has 1 unspecified atom stereocenters. The Bertz CT molecular complexity index is 972. The zero-order valence-corrected chi connectivity index (χ0v) is 16.3. The zero-order chi connectivity index (χ0) is 19.3. The van der Waals surface area contributed by atoms with E-state index in [9.17, 15) is 4.79 Å². The molecule has 1 N–H and O–H groups in total. The molecule has 0 radical (unpaired) electrons. The van der Waals surface area contributed by atoms with E-state index in [-0.39, 0.29) is 11.7 Å². The number of pyridine rings is 1. The van der Waals surface area contributed by atoms with Crippen LogP contribution in [0.15, 0.2) is 35.1 Å². The van der Waals surface area contributed by atoms with E-state index in [0.29, 0.717) is 6.04 Å². The lowest BCUT2D eigenvalue weighted by atomic mass is 9.96. The van der Waals surface area contributed by atoms with E-state index in [4.69, 9.17) is 4.74 Å². The molecular weight excluding hydrogens is 354 g/mol. The van der Waals surface area contributed by atoms with E-state index in [0.717, 1.165) is 41.7 Å². The van der Waals surface area contributed by atoms with E-state index >= 15 is 0 Å². The fourth-order valence-electron chi connectivity index (χ4n) is 4.04. The molecule has 2 heterocycles. The second-order valence-corrected chi connectivity index (χ2v) is 7.57. The minimum atomic E-state index is -0.208. The van der Waals surface area contributed by atoms with E-state index < -0.39 is 0 Å². The molecule has 1 aromatic carbocycles. The fraction of sp³-hybridized carbons (Fsp3) is 0.524. The Labute approximate surface area is 164 Å². The number of hydrogen-bond acceptors (Lipinski definition) is 5. The Morgan fingerprint density at radius 2 is 1.93 bits per heavy atom. The van der Waals surface area contributed by atoms with Crippen molar-refractivity contribution in [1.29, 1.82) is 0 Å². The topological polar surface area (TPSA) is 85.7 Å². The monoisotopic (exact) mass is 381 g/mol. The third kappa shape index (κ3) is 4.08. The molecule has 7 nitrogen and oxygen atoms in total. The van der Waals surface area contributed by atoms with Crippen LogP contribution >= 0.6 is 0 Å². The van der Waals surface area contributed by atoms with Gasteiger partial charge in [-0.15, -0.1) is 5.10 Å². The molecule has 1 aliphatic rings. The predicted molar refractivity (Wildman–Crippen MR) is 107 cm³/mol. The van der Waals surface area contributed by atoms with Gasteiger partial charge in [-0.2, -0.15) is 0 Å². The third-order valence-electron chi connectivity index (χ3n) is 5.57.